The number of benzene rings is 2. The maximum atomic E-state index is 11.8. The van der Waals surface area contributed by atoms with Crippen LogP contribution in [-0.2, 0) is 16.3 Å². The lowest BCUT2D eigenvalue weighted by Crippen LogP contribution is -2.29. The van der Waals surface area contributed by atoms with Gasteiger partial charge in [-0.25, -0.2) is 8.42 Å². The van der Waals surface area contributed by atoms with Crippen LogP contribution in [0.4, 0.5) is 0 Å². The Morgan fingerprint density at radius 1 is 1.12 bits per heavy atom. The van der Waals surface area contributed by atoms with Crippen LogP contribution < -0.4 is 4.74 Å². The number of phenolic OH excluding ortho intramolecular Hbond substituents is 2. The van der Waals surface area contributed by atoms with E-state index in [0.717, 1.165) is 30.4 Å². The van der Waals surface area contributed by atoms with Gasteiger partial charge in [-0.05, 0) is 60.9 Å². The van der Waals surface area contributed by atoms with Gasteiger partial charge in [0.15, 0.2) is 9.84 Å². The maximum absolute atomic E-state index is 11.8. The van der Waals surface area contributed by atoms with Crippen molar-refractivity contribution < 1.29 is 23.4 Å². The molecule has 2 aromatic carbocycles. The second-order valence-electron chi connectivity index (χ2n) is 9.75. The summed E-state index contributed by atoms with van der Waals surface area (Å²) in [6, 6.07) is 9.62. The second-order valence-corrected chi connectivity index (χ2v) is 11.8. The highest BCUT2D eigenvalue weighted by Gasteiger charge is 2.42. The highest BCUT2D eigenvalue weighted by molar-refractivity contribution is 7.90. The van der Waals surface area contributed by atoms with Gasteiger partial charge >= 0.3 is 0 Å². The molecule has 0 bridgehead atoms. The van der Waals surface area contributed by atoms with Crippen LogP contribution in [-0.4, -0.2) is 24.9 Å². The predicted octanol–water partition coefficient (Wildman–Crippen LogP) is 5.65. The number of fused-ring (bicyclic) bond motifs is 1. The van der Waals surface area contributed by atoms with Crippen LogP contribution >= 0.6 is 0 Å². The fourth-order valence-corrected chi connectivity index (χ4v) is 6.33. The molecule has 5 nitrogen and oxygen atoms in total. The number of hydrogen-bond acceptors (Lipinski definition) is 5. The third-order valence-electron chi connectivity index (χ3n) is 7.71. The molecule has 0 heterocycles. The molecule has 0 amide bonds. The monoisotopic (exact) mass is 458 g/mol. The fourth-order valence-electron chi connectivity index (χ4n) is 5.70. The van der Waals surface area contributed by atoms with Crippen LogP contribution in [0.3, 0.4) is 0 Å². The van der Waals surface area contributed by atoms with Gasteiger partial charge in [-0.3, -0.25) is 0 Å². The molecule has 0 saturated heterocycles. The second kappa shape index (κ2) is 8.97. The van der Waals surface area contributed by atoms with Crippen molar-refractivity contribution in [3.8, 4) is 17.2 Å². The van der Waals surface area contributed by atoms with E-state index in [1.165, 1.54) is 31.6 Å². The Balaban J connectivity index is 1.64. The summed E-state index contributed by atoms with van der Waals surface area (Å²) in [6.07, 6.45) is 7.60. The van der Waals surface area contributed by atoms with Crippen molar-refractivity contribution >= 4 is 9.84 Å². The van der Waals surface area contributed by atoms with Crippen LogP contribution in [0.25, 0.3) is 0 Å². The minimum atomic E-state index is -3.27. The summed E-state index contributed by atoms with van der Waals surface area (Å²) >= 11 is 0. The number of sulfone groups is 1. The van der Waals surface area contributed by atoms with Gasteiger partial charge in [0.2, 0.25) is 0 Å². The average molecular weight is 459 g/mol. The normalized spacial score (nSPS) is 26.5. The summed E-state index contributed by atoms with van der Waals surface area (Å²) < 4.78 is 30.1. The molecule has 0 aromatic heterocycles. The Labute approximate surface area is 191 Å². The van der Waals surface area contributed by atoms with E-state index >= 15 is 0 Å². The van der Waals surface area contributed by atoms with Gasteiger partial charge in [0.25, 0.3) is 0 Å². The molecule has 2 aromatic rings. The molecule has 3 unspecified atom stereocenters. The Kier molecular flexibility index (Phi) is 6.44. The van der Waals surface area contributed by atoms with Crippen molar-refractivity contribution in [2.24, 2.45) is 23.7 Å². The lowest BCUT2D eigenvalue weighted by Gasteiger charge is -2.37. The molecular weight excluding hydrogens is 424 g/mol. The number of hydrogen-bond donors (Lipinski definition) is 2. The van der Waals surface area contributed by atoms with Gasteiger partial charge in [0.05, 0.1) is 4.90 Å². The number of ether oxygens (including phenoxy) is 1. The van der Waals surface area contributed by atoms with E-state index in [9.17, 15) is 18.6 Å². The Hall–Kier alpha value is -2.21. The quantitative estimate of drug-likeness (QED) is 0.585. The van der Waals surface area contributed by atoms with E-state index in [4.69, 9.17) is 4.74 Å². The molecule has 4 rings (SSSR count). The molecule has 1 saturated carbocycles. The molecule has 0 spiro atoms. The van der Waals surface area contributed by atoms with Crippen LogP contribution in [0.15, 0.2) is 41.3 Å². The molecule has 2 N–H and O–H groups in total. The zero-order chi connectivity index (χ0) is 23.0. The Morgan fingerprint density at radius 2 is 1.84 bits per heavy atom. The summed E-state index contributed by atoms with van der Waals surface area (Å²) in [5, 5.41) is 20.7. The smallest absolute Gasteiger partial charge is 0.175 e. The van der Waals surface area contributed by atoms with Gasteiger partial charge in [0.1, 0.15) is 23.4 Å². The van der Waals surface area contributed by atoms with Gasteiger partial charge in [-0.2, -0.15) is 0 Å². The molecule has 2 aliphatic rings. The van der Waals surface area contributed by atoms with E-state index < -0.39 is 9.84 Å². The standard InChI is InChI=1S/C26H34O5S/c1-4-16(2)17-6-5-7-18(12-17)22-15-23-24(13-19(27)14-25(23)28)26(22)31-20-8-10-21(11-9-20)32(3,29)30/h8-11,13-14,16-18,22,26-28H,4-7,12,15H2,1-3H3/t16?,17?,18?,22-,26-/m1/s1. The first-order chi connectivity index (χ1) is 15.2. The summed E-state index contributed by atoms with van der Waals surface area (Å²) in [7, 11) is -3.27. The molecular formula is C26H34O5S. The lowest BCUT2D eigenvalue weighted by atomic mass is 9.69. The third kappa shape index (κ3) is 4.61. The molecule has 0 aliphatic heterocycles. The van der Waals surface area contributed by atoms with Gasteiger partial charge in [0, 0.05) is 29.4 Å². The maximum Gasteiger partial charge on any atom is 0.175 e. The highest BCUT2D eigenvalue weighted by atomic mass is 32.2. The molecule has 1 fully saturated rings. The molecule has 0 radical (unpaired) electrons. The van der Waals surface area contributed by atoms with Gasteiger partial charge in [-0.1, -0.05) is 39.5 Å². The lowest BCUT2D eigenvalue weighted by molar-refractivity contribution is 0.0690. The predicted molar refractivity (Wildman–Crippen MR) is 125 cm³/mol. The number of phenols is 2. The molecule has 2 aliphatic carbocycles. The summed E-state index contributed by atoms with van der Waals surface area (Å²) in [4.78, 5) is 0.257. The molecule has 6 heteroatoms. The molecule has 174 valence electrons. The molecule has 32 heavy (non-hydrogen) atoms. The number of aromatic hydroxyl groups is 2. The Bertz CT molecular complexity index is 1060. The van der Waals surface area contributed by atoms with Crippen molar-refractivity contribution in [1.29, 1.82) is 0 Å². The van der Waals surface area contributed by atoms with Crippen molar-refractivity contribution in [3.63, 3.8) is 0 Å². The van der Waals surface area contributed by atoms with E-state index in [-0.39, 0.29) is 28.4 Å². The summed E-state index contributed by atoms with van der Waals surface area (Å²) in [5.74, 6) is 2.84. The first-order valence-corrected chi connectivity index (χ1v) is 13.6. The largest absolute Gasteiger partial charge is 0.508 e. The summed E-state index contributed by atoms with van der Waals surface area (Å²) in [6.45, 7) is 4.60. The topological polar surface area (TPSA) is 83.8 Å². The Morgan fingerprint density at radius 3 is 2.50 bits per heavy atom. The van der Waals surface area contributed by atoms with Crippen molar-refractivity contribution in [2.45, 2.75) is 63.4 Å². The average Bonchev–Trinajstić information content (AvgIpc) is 3.11. The van der Waals surface area contributed by atoms with Crippen LogP contribution in [0.1, 0.15) is 63.2 Å². The van der Waals surface area contributed by atoms with Crippen LogP contribution in [0.5, 0.6) is 17.2 Å². The van der Waals surface area contributed by atoms with E-state index in [2.05, 4.69) is 13.8 Å². The van der Waals surface area contributed by atoms with Crippen molar-refractivity contribution in [1.82, 2.24) is 0 Å². The SMILES string of the molecule is CCC(C)C1CCCC([C@H]2Cc3c(O)cc(O)cc3[C@@H]2Oc2ccc(S(C)(=O)=O)cc2)C1. The highest BCUT2D eigenvalue weighted by Crippen LogP contribution is 2.51. The third-order valence-corrected chi connectivity index (χ3v) is 8.83. The summed E-state index contributed by atoms with van der Waals surface area (Å²) in [5.41, 5.74) is 1.70. The van der Waals surface area contributed by atoms with Crippen LogP contribution in [0, 0.1) is 23.7 Å². The number of rotatable bonds is 6. The minimum absolute atomic E-state index is 0.0315. The zero-order valence-electron chi connectivity index (χ0n) is 19.1. The first kappa shape index (κ1) is 23.0. The van der Waals surface area contributed by atoms with Gasteiger partial charge in [-0.15, -0.1) is 0 Å². The van der Waals surface area contributed by atoms with Gasteiger partial charge < -0.3 is 14.9 Å². The zero-order valence-corrected chi connectivity index (χ0v) is 19.9. The molecule has 5 atom stereocenters. The first-order valence-electron chi connectivity index (χ1n) is 11.7. The van der Waals surface area contributed by atoms with Crippen molar-refractivity contribution in [2.75, 3.05) is 6.26 Å². The van der Waals surface area contributed by atoms with E-state index in [1.54, 1.807) is 30.3 Å². The van der Waals surface area contributed by atoms with E-state index in [0.29, 0.717) is 23.5 Å². The minimum Gasteiger partial charge on any atom is -0.508 e. The van der Waals surface area contributed by atoms with Crippen LogP contribution in [0.2, 0.25) is 0 Å². The van der Waals surface area contributed by atoms with Crippen molar-refractivity contribution in [3.05, 3.63) is 47.5 Å². The fraction of sp³-hybridized carbons (Fsp3) is 0.538. The van der Waals surface area contributed by atoms with E-state index in [1.807, 2.05) is 0 Å².